The second kappa shape index (κ2) is 3.26. The van der Waals surface area contributed by atoms with Crippen molar-refractivity contribution in [2.45, 2.75) is 44.9 Å². The predicted octanol–water partition coefficient (Wildman–Crippen LogP) is 2.59. The second-order valence-corrected chi connectivity index (χ2v) is 5.27. The zero-order valence-electron chi connectivity index (χ0n) is 9.29. The van der Waals surface area contributed by atoms with Crippen molar-refractivity contribution in [3.63, 3.8) is 0 Å². The fourth-order valence-corrected chi connectivity index (χ4v) is 3.52. The molecule has 3 aliphatic rings. The highest BCUT2D eigenvalue weighted by molar-refractivity contribution is 5.42. The van der Waals surface area contributed by atoms with E-state index in [9.17, 15) is 0 Å². The molecule has 0 aliphatic heterocycles. The molecule has 15 heavy (non-hydrogen) atoms. The average molecular weight is 205 g/mol. The first-order valence-corrected chi connectivity index (χ1v) is 6.06. The number of H-pyrrole nitrogens is 1. The first kappa shape index (κ1) is 9.25. The Balaban J connectivity index is 1.91. The van der Waals surface area contributed by atoms with Gasteiger partial charge in [0.1, 0.15) is 5.82 Å². The number of hydrogen-bond acceptors (Lipinski definition) is 2. The van der Waals surface area contributed by atoms with Crippen LogP contribution < -0.4 is 5.73 Å². The molecule has 3 aliphatic carbocycles. The van der Waals surface area contributed by atoms with Crippen LogP contribution in [-0.4, -0.2) is 10.2 Å². The van der Waals surface area contributed by atoms with Crippen LogP contribution in [0.15, 0.2) is 0 Å². The molecule has 1 aromatic heterocycles. The number of rotatable bonds is 1. The Hall–Kier alpha value is -0.990. The lowest BCUT2D eigenvalue weighted by atomic mass is 9.63. The van der Waals surface area contributed by atoms with Crippen molar-refractivity contribution >= 4 is 5.82 Å². The van der Waals surface area contributed by atoms with E-state index in [4.69, 9.17) is 5.73 Å². The summed E-state index contributed by atoms with van der Waals surface area (Å²) in [5.74, 6) is 3.24. The monoisotopic (exact) mass is 205 g/mol. The minimum absolute atomic E-state index is 0.687. The minimum atomic E-state index is 0.687. The summed E-state index contributed by atoms with van der Waals surface area (Å²) >= 11 is 0. The summed E-state index contributed by atoms with van der Waals surface area (Å²) in [6.07, 6.45) is 7.07. The highest BCUT2D eigenvalue weighted by Crippen LogP contribution is 2.49. The smallest absolute Gasteiger partial charge is 0.148 e. The van der Waals surface area contributed by atoms with Gasteiger partial charge in [-0.25, -0.2) is 0 Å². The molecule has 1 unspecified atom stereocenters. The van der Waals surface area contributed by atoms with Gasteiger partial charge in [0.15, 0.2) is 0 Å². The largest absolute Gasteiger partial charge is 0.382 e. The van der Waals surface area contributed by atoms with Gasteiger partial charge in [0.2, 0.25) is 0 Å². The van der Waals surface area contributed by atoms with Crippen LogP contribution in [0.1, 0.15) is 49.3 Å². The fraction of sp³-hybridized carbons (Fsp3) is 0.750. The number of anilines is 1. The Labute approximate surface area is 90.4 Å². The van der Waals surface area contributed by atoms with Crippen LogP contribution in [0.3, 0.4) is 0 Å². The van der Waals surface area contributed by atoms with Gasteiger partial charge in [0.25, 0.3) is 0 Å². The maximum Gasteiger partial charge on any atom is 0.148 e. The maximum absolute atomic E-state index is 5.80. The van der Waals surface area contributed by atoms with E-state index in [1.165, 1.54) is 43.4 Å². The van der Waals surface area contributed by atoms with Crippen molar-refractivity contribution in [3.8, 4) is 0 Å². The van der Waals surface area contributed by atoms with Gasteiger partial charge in [-0.2, -0.15) is 5.10 Å². The molecule has 0 saturated heterocycles. The highest BCUT2D eigenvalue weighted by Gasteiger charge is 2.37. The van der Waals surface area contributed by atoms with Gasteiger partial charge in [-0.05, 0) is 38.0 Å². The van der Waals surface area contributed by atoms with Crippen molar-refractivity contribution < 1.29 is 0 Å². The molecule has 0 aromatic carbocycles. The number of hydrogen-bond donors (Lipinski definition) is 2. The lowest BCUT2D eigenvalue weighted by Gasteiger charge is -2.42. The highest BCUT2D eigenvalue weighted by atomic mass is 15.2. The fourth-order valence-electron chi connectivity index (χ4n) is 3.52. The minimum Gasteiger partial charge on any atom is -0.382 e. The summed E-state index contributed by atoms with van der Waals surface area (Å²) in [5, 5.41) is 7.28. The van der Waals surface area contributed by atoms with Crippen LogP contribution in [0.5, 0.6) is 0 Å². The third-order valence-corrected chi connectivity index (χ3v) is 4.50. The number of fused-ring (bicyclic) bond motifs is 3. The average Bonchev–Trinajstić information content (AvgIpc) is 2.61. The molecule has 1 atom stereocenters. The van der Waals surface area contributed by atoms with Gasteiger partial charge >= 0.3 is 0 Å². The Bertz CT molecular complexity index is 361. The van der Waals surface area contributed by atoms with Gasteiger partial charge in [-0.15, -0.1) is 0 Å². The summed E-state index contributed by atoms with van der Waals surface area (Å²) in [6, 6.07) is 0. The van der Waals surface area contributed by atoms with Crippen LogP contribution in [-0.2, 0) is 0 Å². The van der Waals surface area contributed by atoms with Crippen LogP contribution in [0, 0.1) is 18.8 Å². The number of nitrogens with two attached hydrogens (primary N) is 1. The standard InChI is InChI=1S/C12H19N3/c1-7-11(14-15-12(7)13)10-6-8-2-4-9(10)5-3-8/h8-10H,2-6H2,1H3,(H3,13,14,15). The molecule has 4 rings (SSSR count). The molecule has 0 amide bonds. The predicted molar refractivity (Wildman–Crippen MR) is 60.5 cm³/mol. The number of aromatic nitrogens is 2. The van der Waals surface area contributed by atoms with E-state index in [-0.39, 0.29) is 0 Å². The molecule has 3 nitrogen and oxygen atoms in total. The normalized spacial score (nSPS) is 34.6. The van der Waals surface area contributed by atoms with Crippen LogP contribution in [0.2, 0.25) is 0 Å². The molecule has 1 aromatic rings. The van der Waals surface area contributed by atoms with E-state index < -0.39 is 0 Å². The third-order valence-electron chi connectivity index (χ3n) is 4.50. The van der Waals surface area contributed by atoms with E-state index in [1.807, 2.05) is 0 Å². The molecule has 3 heteroatoms. The van der Waals surface area contributed by atoms with Crippen LogP contribution in [0.4, 0.5) is 5.82 Å². The summed E-state index contributed by atoms with van der Waals surface area (Å²) in [6.45, 7) is 2.09. The Morgan fingerprint density at radius 1 is 1.27 bits per heavy atom. The SMILES string of the molecule is Cc1c(N)n[nH]c1C1CC2CCC1CC2. The molecule has 3 saturated carbocycles. The Kier molecular flexibility index (Phi) is 2.01. The van der Waals surface area contributed by atoms with Gasteiger partial charge in [-0.3, -0.25) is 5.10 Å². The molecule has 3 fully saturated rings. The zero-order valence-corrected chi connectivity index (χ0v) is 9.29. The lowest BCUT2D eigenvalue weighted by Crippen LogP contribution is -2.30. The van der Waals surface area contributed by atoms with Crippen molar-refractivity contribution in [1.29, 1.82) is 0 Å². The molecular weight excluding hydrogens is 186 g/mol. The number of nitrogens with zero attached hydrogens (tertiary/aromatic N) is 1. The van der Waals surface area contributed by atoms with Gasteiger partial charge < -0.3 is 5.73 Å². The molecule has 82 valence electrons. The number of aromatic amines is 1. The topological polar surface area (TPSA) is 54.7 Å². The second-order valence-electron chi connectivity index (χ2n) is 5.27. The van der Waals surface area contributed by atoms with Crippen molar-refractivity contribution in [2.75, 3.05) is 5.73 Å². The summed E-state index contributed by atoms with van der Waals surface area (Å²) in [4.78, 5) is 0. The van der Waals surface area contributed by atoms with E-state index in [0.717, 1.165) is 11.8 Å². The van der Waals surface area contributed by atoms with E-state index in [2.05, 4.69) is 17.1 Å². The molecule has 3 N–H and O–H groups in total. The number of nitrogen functional groups attached to an aromatic ring is 1. The third kappa shape index (κ3) is 1.36. The van der Waals surface area contributed by atoms with Gasteiger partial charge in [-0.1, -0.05) is 12.8 Å². The van der Waals surface area contributed by atoms with Crippen molar-refractivity contribution in [3.05, 3.63) is 11.3 Å². The van der Waals surface area contributed by atoms with Crippen LogP contribution >= 0.6 is 0 Å². The quantitative estimate of drug-likeness (QED) is 0.740. The van der Waals surface area contributed by atoms with Crippen molar-refractivity contribution in [2.24, 2.45) is 11.8 Å². The Morgan fingerprint density at radius 3 is 2.47 bits per heavy atom. The lowest BCUT2D eigenvalue weighted by molar-refractivity contribution is 0.142. The van der Waals surface area contributed by atoms with E-state index in [0.29, 0.717) is 11.7 Å². The van der Waals surface area contributed by atoms with E-state index >= 15 is 0 Å². The van der Waals surface area contributed by atoms with Gasteiger partial charge in [0, 0.05) is 17.2 Å². The number of nitrogens with one attached hydrogen (secondary N) is 1. The molecule has 0 radical (unpaired) electrons. The molecule has 0 spiro atoms. The summed E-state index contributed by atoms with van der Waals surface area (Å²) in [7, 11) is 0. The molecular formula is C12H19N3. The molecule has 2 bridgehead atoms. The van der Waals surface area contributed by atoms with E-state index in [1.54, 1.807) is 0 Å². The van der Waals surface area contributed by atoms with Crippen molar-refractivity contribution in [1.82, 2.24) is 10.2 Å². The summed E-state index contributed by atoms with van der Waals surface area (Å²) in [5.41, 5.74) is 8.31. The first-order chi connectivity index (χ1) is 7.25. The first-order valence-electron chi connectivity index (χ1n) is 6.06. The molecule has 1 heterocycles. The maximum atomic E-state index is 5.80. The zero-order chi connectivity index (χ0) is 10.4. The van der Waals surface area contributed by atoms with Gasteiger partial charge in [0.05, 0.1) is 0 Å². The summed E-state index contributed by atoms with van der Waals surface area (Å²) < 4.78 is 0. The van der Waals surface area contributed by atoms with Crippen LogP contribution in [0.25, 0.3) is 0 Å². The Morgan fingerprint density at radius 2 is 2.00 bits per heavy atom.